The minimum atomic E-state index is 0.172. The first-order chi connectivity index (χ1) is 6.19. The summed E-state index contributed by atoms with van der Waals surface area (Å²) in [6, 6.07) is 0. The van der Waals surface area contributed by atoms with E-state index in [2.05, 4.69) is 13.0 Å². The Morgan fingerprint density at radius 3 is 2.69 bits per heavy atom. The molecule has 0 bridgehead atoms. The maximum absolute atomic E-state index is 11.1. The van der Waals surface area contributed by atoms with Crippen LogP contribution in [0.1, 0.15) is 27.2 Å². The molecule has 1 heterocycles. The van der Waals surface area contributed by atoms with Crippen molar-refractivity contribution >= 4 is 5.91 Å². The lowest BCUT2D eigenvalue weighted by Gasteiger charge is -2.12. The minimum Gasteiger partial charge on any atom is -0.335 e. The van der Waals surface area contributed by atoms with Gasteiger partial charge in [0.15, 0.2) is 0 Å². The molecular formula is C11H17NO. The molecule has 1 aliphatic heterocycles. The Hall–Kier alpha value is -1.05. The number of carbonyl (C=O) groups is 1. The second kappa shape index (κ2) is 4.26. The quantitative estimate of drug-likeness (QED) is 0.636. The van der Waals surface area contributed by atoms with E-state index >= 15 is 0 Å². The molecule has 0 aromatic carbocycles. The van der Waals surface area contributed by atoms with Gasteiger partial charge in [0, 0.05) is 20.0 Å². The van der Waals surface area contributed by atoms with Gasteiger partial charge in [-0.2, -0.15) is 0 Å². The first-order valence-electron chi connectivity index (χ1n) is 4.78. The van der Waals surface area contributed by atoms with Crippen molar-refractivity contribution in [2.75, 3.05) is 13.1 Å². The lowest BCUT2D eigenvalue weighted by molar-refractivity contribution is -0.127. The number of hydrogen-bond donors (Lipinski definition) is 0. The smallest absolute Gasteiger partial charge is 0.220 e. The van der Waals surface area contributed by atoms with Gasteiger partial charge in [-0.1, -0.05) is 19.1 Å². The molecule has 0 aromatic heterocycles. The van der Waals surface area contributed by atoms with Gasteiger partial charge in [-0.25, -0.2) is 0 Å². The molecular weight excluding hydrogens is 162 g/mol. The van der Waals surface area contributed by atoms with Crippen LogP contribution in [-0.2, 0) is 4.79 Å². The van der Waals surface area contributed by atoms with Gasteiger partial charge in [0.05, 0.1) is 0 Å². The fourth-order valence-electron chi connectivity index (χ4n) is 1.64. The maximum Gasteiger partial charge on any atom is 0.220 e. The van der Waals surface area contributed by atoms with Crippen LogP contribution in [-0.4, -0.2) is 23.9 Å². The average Bonchev–Trinajstić information content (AvgIpc) is 2.48. The van der Waals surface area contributed by atoms with Gasteiger partial charge in [0.25, 0.3) is 0 Å². The van der Waals surface area contributed by atoms with E-state index < -0.39 is 0 Å². The van der Waals surface area contributed by atoms with Crippen LogP contribution in [0.25, 0.3) is 0 Å². The van der Waals surface area contributed by atoms with E-state index in [-0.39, 0.29) is 5.91 Å². The van der Waals surface area contributed by atoms with E-state index in [1.165, 1.54) is 11.1 Å². The number of nitrogens with zero attached hydrogens (tertiary/aromatic N) is 1. The highest BCUT2D eigenvalue weighted by Gasteiger charge is 2.20. The van der Waals surface area contributed by atoms with Gasteiger partial charge in [-0.15, -0.1) is 0 Å². The standard InChI is InChI=1S/C11H17NO/c1-4-6-11-8-12(9(3)13)7-10(11)5-2/h4,6H,5,7-8H2,1-3H3/b6-4-. The molecule has 0 spiro atoms. The van der Waals surface area contributed by atoms with Crippen molar-refractivity contribution in [3.8, 4) is 0 Å². The van der Waals surface area contributed by atoms with Crippen LogP contribution in [0, 0.1) is 0 Å². The topological polar surface area (TPSA) is 20.3 Å². The summed E-state index contributed by atoms with van der Waals surface area (Å²) < 4.78 is 0. The third-order valence-corrected chi connectivity index (χ3v) is 2.44. The van der Waals surface area contributed by atoms with E-state index in [4.69, 9.17) is 0 Å². The Morgan fingerprint density at radius 1 is 1.54 bits per heavy atom. The molecule has 0 fully saturated rings. The molecule has 2 heteroatoms. The molecule has 0 radical (unpaired) electrons. The third kappa shape index (κ3) is 2.20. The molecule has 0 atom stereocenters. The van der Waals surface area contributed by atoms with Crippen LogP contribution in [0.5, 0.6) is 0 Å². The molecule has 0 saturated heterocycles. The van der Waals surface area contributed by atoms with Crippen LogP contribution in [0.15, 0.2) is 23.3 Å². The second-order valence-electron chi connectivity index (χ2n) is 3.36. The van der Waals surface area contributed by atoms with Crippen molar-refractivity contribution in [1.82, 2.24) is 4.90 Å². The van der Waals surface area contributed by atoms with Crippen LogP contribution in [0.2, 0.25) is 0 Å². The van der Waals surface area contributed by atoms with Crippen LogP contribution in [0.3, 0.4) is 0 Å². The SMILES string of the molecule is C/C=C\C1=C(CC)CN(C(C)=O)C1. The number of allylic oxidation sites excluding steroid dienone is 1. The summed E-state index contributed by atoms with van der Waals surface area (Å²) in [6.07, 6.45) is 5.19. The second-order valence-corrected chi connectivity index (χ2v) is 3.36. The Kier molecular flexibility index (Phi) is 3.29. The number of hydrogen-bond acceptors (Lipinski definition) is 1. The maximum atomic E-state index is 11.1. The largest absolute Gasteiger partial charge is 0.335 e. The molecule has 0 unspecified atom stereocenters. The molecule has 1 aliphatic rings. The molecule has 13 heavy (non-hydrogen) atoms. The zero-order chi connectivity index (χ0) is 9.84. The summed E-state index contributed by atoms with van der Waals surface area (Å²) >= 11 is 0. The van der Waals surface area contributed by atoms with Gasteiger partial charge >= 0.3 is 0 Å². The van der Waals surface area contributed by atoms with Crippen molar-refractivity contribution in [1.29, 1.82) is 0 Å². The van der Waals surface area contributed by atoms with Crippen LogP contribution in [0.4, 0.5) is 0 Å². The zero-order valence-electron chi connectivity index (χ0n) is 8.63. The molecule has 0 aromatic rings. The van der Waals surface area contributed by atoms with Crippen molar-refractivity contribution < 1.29 is 4.79 Å². The highest BCUT2D eigenvalue weighted by atomic mass is 16.2. The molecule has 1 rings (SSSR count). The fourth-order valence-corrected chi connectivity index (χ4v) is 1.64. The lowest BCUT2D eigenvalue weighted by Crippen LogP contribution is -2.26. The summed E-state index contributed by atoms with van der Waals surface area (Å²) in [4.78, 5) is 13.0. The van der Waals surface area contributed by atoms with Crippen molar-refractivity contribution in [3.05, 3.63) is 23.3 Å². The van der Waals surface area contributed by atoms with Crippen molar-refractivity contribution in [2.24, 2.45) is 0 Å². The van der Waals surface area contributed by atoms with Gasteiger partial charge in [-0.3, -0.25) is 4.79 Å². The van der Waals surface area contributed by atoms with Gasteiger partial charge < -0.3 is 4.90 Å². The third-order valence-electron chi connectivity index (χ3n) is 2.44. The number of carbonyl (C=O) groups excluding carboxylic acids is 1. The van der Waals surface area contributed by atoms with Crippen molar-refractivity contribution in [3.63, 3.8) is 0 Å². The minimum absolute atomic E-state index is 0.172. The molecule has 1 amide bonds. The van der Waals surface area contributed by atoms with Crippen LogP contribution >= 0.6 is 0 Å². The average molecular weight is 179 g/mol. The summed E-state index contributed by atoms with van der Waals surface area (Å²) in [5, 5.41) is 0. The summed E-state index contributed by atoms with van der Waals surface area (Å²) in [7, 11) is 0. The van der Waals surface area contributed by atoms with Gasteiger partial charge in [0.1, 0.15) is 0 Å². The Balaban J connectivity index is 2.74. The van der Waals surface area contributed by atoms with Gasteiger partial charge in [-0.05, 0) is 24.5 Å². The van der Waals surface area contributed by atoms with Crippen LogP contribution < -0.4 is 0 Å². The van der Waals surface area contributed by atoms with E-state index in [0.717, 1.165) is 19.5 Å². The first-order valence-corrected chi connectivity index (χ1v) is 4.78. The highest BCUT2D eigenvalue weighted by molar-refractivity contribution is 5.75. The molecule has 0 N–H and O–H groups in total. The van der Waals surface area contributed by atoms with E-state index in [1.54, 1.807) is 6.92 Å². The van der Waals surface area contributed by atoms with E-state index in [0.29, 0.717) is 0 Å². The molecule has 0 aliphatic carbocycles. The van der Waals surface area contributed by atoms with E-state index in [1.807, 2.05) is 17.9 Å². The monoisotopic (exact) mass is 179 g/mol. The lowest BCUT2D eigenvalue weighted by atomic mass is 10.1. The number of rotatable bonds is 2. The van der Waals surface area contributed by atoms with Gasteiger partial charge in [0.2, 0.25) is 5.91 Å². The predicted octanol–water partition coefficient (Wildman–Crippen LogP) is 2.13. The first kappa shape index (κ1) is 10.0. The normalized spacial score (nSPS) is 17.6. The molecule has 0 saturated carbocycles. The summed E-state index contributed by atoms with van der Waals surface area (Å²) in [5.41, 5.74) is 2.72. The van der Waals surface area contributed by atoms with E-state index in [9.17, 15) is 4.79 Å². The Bertz CT molecular complexity index is 263. The molecule has 72 valence electrons. The highest BCUT2D eigenvalue weighted by Crippen LogP contribution is 2.20. The molecule has 2 nitrogen and oxygen atoms in total. The Morgan fingerprint density at radius 2 is 2.23 bits per heavy atom. The summed E-state index contributed by atoms with van der Waals surface area (Å²) in [6.45, 7) is 7.40. The fraction of sp³-hybridized carbons (Fsp3) is 0.545. The zero-order valence-corrected chi connectivity index (χ0v) is 8.63. The summed E-state index contributed by atoms with van der Waals surface area (Å²) in [5.74, 6) is 0.172. The number of amides is 1. The predicted molar refractivity (Wildman–Crippen MR) is 54.4 cm³/mol. The van der Waals surface area contributed by atoms with Crippen molar-refractivity contribution in [2.45, 2.75) is 27.2 Å². The Labute approximate surface area is 79.9 Å².